The number of para-hydroxylation sites is 1. The number of aromatic nitrogens is 3. The normalized spacial score (nSPS) is 10.7. The fourth-order valence-electron chi connectivity index (χ4n) is 1.58. The van der Waals surface area contributed by atoms with Gasteiger partial charge in [-0.05, 0) is 23.6 Å². The number of thioether (sulfide) groups is 1. The lowest BCUT2D eigenvalue weighted by atomic mass is 10.3. The summed E-state index contributed by atoms with van der Waals surface area (Å²) in [6.45, 7) is 0. The van der Waals surface area contributed by atoms with Crippen molar-refractivity contribution >= 4 is 46.3 Å². The number of aromatic amines is 1. The fourth-order valence-corrected chi connectivity index (χ4v) is 3.68. The first-order chi connectivity index (χ1) is 9.81. The maximum Gasteiger partial charge on any atom is 0.223 e. The summed E-state index contributed by atoms with van der Waals surface area (Å²) in [5.41, 5.74) is 0.974. The van der Waals surface area contributed by atoms with Gasteiger partial charge in [0.25, 0.3) is 0 Å². The molecule has 3 aromatic rings. The molecular weight excluding hydrogens is 312 g/mol. The Kier molecular flexibility index (Phi) is 4.25. The van der Waals surface area contributed by atoms with Crippen LogP contribution in [0.3, 0.4) is 0 Å². The van der Waals surface area contributed by atoms with E-state index >= 15 is 0 Å². The van der Waals surface area contributed by atoms with Gasteiger partial charge in [0.15, 0.2) is 0 Å². The Morgan fingerprint density at radius 1 is 1.25 bits per heavy atom. The number of anilines is 2. The highest BCUT2D eigenvalue weighted by atomic mass is 35.5. The van der Waals surface area contributed by atoms with Crippen molar-refractivity contribution in [3.8, 4) is 0 Å². The van der Waals surface area contributed by atoms with Crippen LogP contribution in [0.1, 0.15) is 4.88 Å². The van der Waals surface area contributed by atoms with E-state index in [9.17, 15) is 0 Å². The summed E-state index contributed by atoms with van der Waals surface area (Å²) in [6, 6.07) is 11.8. The fraction of sp³-hybridized carbons (Fsp3) is 0.0769. The minimum Gasteiger partial charge on any atom is -0.325 e. The Bertz CT molecular complexity index is 681. The molecule has 0 fully saturated rings. The molecule has 0 aliphatic carbocycles. The van der Waals surface area contributed by atoms with E-state index in [1.807, 2.05) is 41.8 Å². The molecule has 2 heterocycles. The van der Waals surface area contributed by atoms with Crippen molar-refractivity contribution in [3.63, 3.8) is 0 Å². The van der Waals surface area contributed by atoms with E-state index in [1.54, 1.807) is 23.1 Å². The van der Waals surface area contributed by atoms with Gasteiger partial charge in [-0.3, -0.25) is 0 Å². The van der Waals surface area contributed by atoms with Crippen molar-refractivity contribution in [3.05, 3.63) is 51.7 Å². The van der Waals surface area contributed by atoms with Crippen LogP contribution in [0.4, 0.5) is 11.6 Å². The molecule has 0 atom stereocenters. The number of nitrogens with one attached hydrogen (secondary N) is 2. The highest BCUT2D eigenvalue weighted by molar-refractivity contribution is 7.98. The van der Waals surface area contributed by atoms with E-state index in [0.29, 0.717) is 11.1 Å². The third-order valence-corrected chi connectivity index (χ3v) is 4.97. The molecule has 0 bridgehead atoms. The number of benzene rings is 1. The second-order valence-electron chi connectivity index (χ2n) is 3.94. The first kappa shape index (κ1) is 13.5. The van der Waals surface area contributed by atoms with E-state index in [-0.39, 0.29) is 0 Å². The van der Waals surface area contributed by atoms with Crippen LogP contribution < -0.4 is 5.32 Å². The molecule has 0 spiro atoms. The molecule has 0 saturated heterocycles. The van der Waals surface area contributed by atoms with E-state index in [2.05, 4.69) is 20.5 Å². The van der Waals surface area contributed by atoms with Crippen LogP contribution in [0.15, 0.2) is 46.9 Å². The van der Waals surface area contributed by atoms with Gasteiger partial charge in [-0.1, -0.05) is 41.6 Å². The van der Waals surface area contributed by atoms with Crippen molar-refractivity contribution in [2.75, 3.05) is 5.32 Å². The van der Waals surface area contributed by atoms with Crippen molar-refractivity contribution < 1.29 is 0 Å². The molecule has 20 heavy (non-hydrogen) atoms. The first-order valence-corrected chi connectivity index (χ1v) is 8.15. The van der Waals surface area contributed by atoms with Crippen molar-refractivity contribution in [1.29, 1.82) is 0 Å². The van der Waals surface area contributed by atoms with Gasteiger partial charge in [-0.25, -0.2) is 5.10 Å². The number of hydrogen-bond acceptors (Lipinski definition) is 5. The highest BCUT2D eigenvalue weighted by Gasteiger charge is 2.07. The molecule has 0 amide bonds. The van der Waals surface area contributed by atoms with Crippen LogP contribution in [0.25, 0.3) is 0 Å². The molecule has 102 valence electrons. The lowest BCUT2D eigenvalue weighted by Gasteiger charge is -1.99. The highest BCUT2D eigenvalue weighted by Crippen LogP contribution is 2.29. The predicted octanol–water partition coefficient (Wildman–Crippen LogP) is 4.56. The molecule has 3 rings (SSSR count). The Morgan fingerprint density at radius 3 is 2.85 bits per heavy atom. The molecule has 0 radical (unpaired) electrons. The zero-order chi connectivity index (χ0) is 13.8. The van der Waals surface area contributed by atoms with Gasteiger partial charge >= 0.3 is 0 Å². The number of halogens is 1. The molecule has 4 nitrogen and oxygen atoms in total. The zero-order valence-corrected chi connectivity index (χ0v) is 12.7. The van der Waals surface area contributed by atoms with Crippen molar-refractivity contribution in [1.82, 2.24) is 15.2 Å². The lowest BCUT2D eigenvalue weighted by molar-refractivity contribution is 0.973. The van der Waals surface area contributed by atoms with Gasteiger partial charge in [0, 0.05) is 16.3 Å². The van der Waals surface area contributed by atoms with E-state index < -0.39 is 0 Å². The lowest BCUT2D eigenvalue weighted by Crippen LogP contribution is -1.91. The number of rotatable bonds is 5. The smallest absolute Gasteiger partial charge is 0.223 e. The van der Waals surface area contributed by atoms with E-state index in [0.717, 1.165) is 21.3 Å². The summed E-state index contributed by atoms with van der Waals surface area (Å²) in [5, 5.41) is 13.7. The number of nitrogens with zero attached hydrogens (tertiary/aromatic N) is 2. The van der Waals surface area contributed by atoms with Crippen LogP contribution in [0.2, 0.25) is 5.02 Å². The van der Waals surface area contributed by atoms with E-state index in [1.165, 1.54) is 0 Å². The quantitative estimate of drug-likeness (QED) is 0.676. The molecule has 0 aliphatic rings. The number of thiophene rings is 1. The van der Waals surface area contributed by atoms with Crippen LogP contribution in [0.5, 0.6) is 0 Å². The topological polar surface area (TPSA) is 53.6 Å². The minimum absolute atomic E-state index is 0.635. The Labute approximate surface area is 129 Å². The van der Waals surface area contributed by atoms with Crippen LogP contribution in [-0.2, 0) is 5.75 Å². The van der Waals surface area contributed by atoms with Gasteiger partial charge in [-0.15, -0.1) is 16.4 Å². The Hall–Kier alpha value is -1.50. The SMILES string of the molecule is Clc1ccsc1CSc1n[nH]c(Nc2ccccc2)n1. The number of hydrogen-bond donors (Lipinski definition) is 2. The third kappa shape index (κ3) is 3.33. The van der Waals surface area contributed by atoms with Crippen molar-refractivity contribution in [2.24, 2.45) is 0 Å². The minimum atomic E-state index is 0.635. The first-order valence-electron chi connectivity index (χ1n) is 5.90. The molecule has 1 aromatic carbocycles. The molecular formula is C13H11ClN4S2. The zero-order valence-electron chi connectivity index (χ0n) is 10.3. The summed E-state index contributed by atoms with van der Waals surface area (Å²) in [6.07, 6.45) is 0. The number of H-pyrrole nitrogens is 1. The second-order valence-corrected chi connectivity index (χ2v) is 6.29. The second kappa shape index (κ2) is 6.30. The van der Waals surface area contributed by atoms with Crippen molar-refractivity contribution in [2.45, 2.75) is 10.9 Å². The molecule has 7 heteroatoms. The average Bonchev–Trinajstić information content (AvgIpc) is 3.07. The largest absolute Gasteiger partial charge is 0.325 e. The van der Waals surface area contributed by atoms with Gasteiger partial charge in [0.1, 0.15) is 0 Å². The summed E-state index contributed by atoms with van der Waals surface area (Å²) in [5.74, 6) is 1.41. The van der Waals surface area contributed by atoms with Crippen LogP contribution in [-0.4, -0.2) is 15.2 Å². The average molecular weight is 323 g/mol. The van der Waals surface area contributed by atoms with Gasteiger partial charge in [-0.2, -0.15) is 4.98 Å². The summed E-state index contributed by atoms with van der Waals surface area (Å²) < 4.78 is 0. The Morgan fingerprint density at radius 2 is 2.10 bits per heavy atom. The standard InChI is InChI=1S/C13H11ClN4S2/c14-10-6-7-19-11(10)8-20-13-16-12(17-18-13)15-9-4-2-1-3-5-9/h1-7H,8H2,(H2,15,16,17,18). The van der Waals surface area contributed by atoms with Crippen LogP contribution in [0, 0.1) is 0 Å². The monoisotopic (exact) mass is 322 g/mol. The maximum absolute atomic E-state index is 6.05. The third-order valence-electron chi connectivity index (χ3n) is 2.52. The van der Waals surface area contributed by atoms with E-state index in [4.69, 9.17) is 11.6 Å². The predicted molar refractivity (Wildman–Crippen MR) is 85.0 cm³/mol. The van der Waals surface area contributed by atoms with Crippen LogP contribution >= 0.6 is 34.7 Å². The molecule has 0 unspecified atom stereocenters. The molecule has 2 N–H and O–H groups in total. The van der Waals surface area contributed by atoms with Gasteiger partial charge in [0.2, 0.25) is 11.1 Å². The molecule has 0 saturated carbocycles. The maximum atomic E-state index is 6.05. The summed E-state index contributed by atoms with van der Waals surface area (Å²) in [4.78, 5) is 5.52. The van der Waals surface area contributed by atoms with Gasteiger partial charge in [0.05, 0.1) is 5.02 Å². The summed E-state index contributed by atoms with van der Waals surface area (Å²) in [7, 11) is 0. The molecule has 2 aromatic heterocycles. The Balaban J connectivity index is 1.61. The summed E-state index contributed by atoms with van der Waals surface area (Å²) >= 11 is 9.25. The van der Waals surface area contributed by atoms with Gasteiger partial charge < -0.3 is 5.32 Å². The molecule has 0 aliphatic heterocycles.